The second-order valence-electron chi connectivity index (χ2n) is 7.77. The van der Waals surface area contributed by atoms with Crippen molar-refractivity contribution in [3.8, 4) is 11.3 Å². The summed E-state index contributed by atoms with van der Waals surface area (Å²) in [6.45, 7) is 4.27. The third-order valence-electron chi connectivity index (χ3n) is 5.50. The van der Waals surface area contributed by atoms with Gasteiger partial charge in [0.05, 0.1) is 11.9 Å². The quantitative estimate of drug-likeness (QED) is 0.530. The number of aromatic nitrogens is 3. The van der Waals surface area contributed by atoms with Gasteiger partial charge in [-0.05, 0) is 38.0 Å². The fraction of sp³-hybridized carbons (Fsp3) is 0.250. The maximum atomic E-state index is 12.8. The molecule has 1 aliphatic rings. The summed E-state index contributed by atoms with van der Waals surface area (Å²) in [4.78, 5) is 24.2. The van der Waals surface area contributed by atoms with Crippen LogP contribution in [0.4, 0.5) is 5.82 Å². The Hall–Kier alpha value is -3.74. The molecule has 1 saturated heterocycles. The molecule has 0 saturated carbocycles. The summed E-state index contributed by atoms with van der Waals surface area (Å²) in [6, 6.07) is 17.1. The van der Waals surface area contributed by atoms with Crippen LogP contribution in [-0.4, -0.2) is 34.1 Å². The lowest BCUT2D eigenvalue weighted by atomic mass is 10.1. The molecule has 0 atom stereocenters. The number of hydrogen-bond donors (Lipinski definition) is 1. The molecule has 1 amide bonds. The summed E-state index contributed by atoms with van der Waals surface area (Å²) in [5.41, 5.74) is 3.08. The van der Waals surface area contributed by atoms with E-state index in [-0.39, 0.29) is 12.5 Å². The van der Waals surface area contributed by atoms with Gasteiger partial charge in [0, 0.05) is 36.0 Å². The maximum absolute atomic E-state index is 12.8. The number of nitrogens with one attached hydrogen (secondary N) is 1. The molecule has 2 aromatic carbocycles. The first-order valence-electron chi connectivity index (χ1n) is 10.5. The Kier molecular flexibility index (Phi) is 5.08. The van der Waals surface area contributed by atoms with Crippen molar-refractivity contribution in [2.24, 2.45) is 0 Å². The Morgan fingerprint density at radius 3 is 2.68 bits per heavy atom. The van der Waals surface area contributed by atoms with E-state index in [1.54, 1.807) is 12.1 Å². The minimum atomic E-state index is -0.185. The van der Waals surface area contributed by atoms with E-state index in [0.717, 1.165) is 35.6 Å². The Morgan fingerprint density at radius 2 is 1.87 bits per heavy atom. The normalized spacial score (nSPS) is 13.6. The standard InChI is InChI=1S/C24H23N5O2/c1-16-13-22(29-11-5-6-12-29)27-21(26-16)15-25-24(30)18-9-10-20-19(14-18)23(31-28-20)17-7-3-2-4-8-17/h2-4,7-10,13-14H,5-6,11-12,15H2,1H3,(H,25,30). The van der Waals surface area contributed by atoms with E-state index in [0.29, 0.717) is 22.7 Å². The van der Waals surface area contributed by atoms with Gasteiger partial charge in [-0.1, -0.05) is 35.5 Å². The minimum absolute atomic E-state index is 0.185. The molecular weight excluding hydrogens is 390 g/mol. The van der Waals surface area contributed by atoms with Crippen LogP contribution in [0, 0.1) is 6.92 Å². The van der Waals surface area contributed by atoms with Crippen LogP contribution in [0.1, 0.15) is 34.7 Å². The Bertz CT molecular complexity index is 1230. The number of amides is 1. The first-order chi connectivity index (χ1) is 15.2. The van der Waals surface area contributed by atoms with Crippen molar-refractivity contribution in [2.45, 2.75) is 26.3 Å². The van der Waals surface area contributed by atoms with Gasteiger partial charge in [0.1, 0.15) is 17.2 Å². The van der Waals surface area contributed by atoms with E-state index in [4.69, 9.17) is 4.52 Å². The van der Waals surface area contributed by atoms with Crippen LogP contribution >= 0.6 is 0 Å². The number of hydrogen-bond acceptors (Lipinski definition) is 6. The Balaban J connectivity index is 1.35. The van der Waals surface area contributed by atoms with E-state index >= 15 is 0 Å². The van der Waals surface area contributed by atoms with Gasteiger partial charge in [-0.15, -0.1) is 0 Å². The molecule has 0 bridgehead atoms. The minimum Gasteiger partial charge on any atom is -0.357 e. The molecule has 7 heteroatoms. The summed E-state index contributed by atoms with van der Waals surface area (Å²) in [5, 5.41) is 7.87. The fourth-order valence-electron chi connectivity index (χ4n) is 3.94. The highest BCUT2D eigenvalue weighted by molar-refractivity contribution is 6.00. The molecule has 7 nitrogen and oxygen atoms in total. The summed E-state index contributed by atoms with van der Waals surface area (Å²) < 4.78 is 5.53. The van der Waals surface area contributed by atoms with Crippen molar-refractivity contribution >= 4 is 22.6 Å². The van der Waals surface area contributed by atoms with Crippen LogP contribution in [0.25, 0.3) is 22.2 Å². The zero-order chi connectivity index (χ0) is 21.2. The number of fused-ring (bicyclic) bond motifs is 1. The molecule has 0 unspecified atom stereocenters. The highest BCUT2D eigenvalue weighted by Crippen LogP contribution is 2.29. The van der Waals surface area contributed by atoms with Crippen molar-refractivity contribution in [1.82, 2.24) is 20.4 Å². The molecule has 1 aliphatic heterocycles. The Labute approximate surface area is 180 Å². The number of aryl methyl sites for hydroxylation is 1. The molecule has 3 heterocycles. The lowest BCUT2D eigenvalue weighted by Gasteiger charge is -2.17. The summed E-state index contributed by atoms with van der Waals surface area (Å²) in [7, 11) is 0. The third-order valence-corrected chi connectivity index (χ3v) is 5.50. The fourth-order valence-corrected chi connectivity index (χ4v) is 3.94. The van der Waals surface area contributed by atoms with Crippen LogP contribution in [0.2, 0.25) is 0 Å². The second kappa shape index (κ2) is 8.18. The van der Waals surface area contributed by atoms with Gasteiger partial charge in [-0.25, -0.2) is 9.97 Å². The monoisotopic (exact) mass is 413 g/mol. The molecular formula is C24H23N5O2. The van der Waals surface area contributed by atoms with Crippen molar-refractivity contribution in [2.75, 3.05) is 18.0 Å². The van der Waals surface area contributed by atoms with Crippen molar-refractivity contribution in [3.63, 3.8) is 0 Å². The molecule has 2 aromatic heterocycles. The van der Waals surface area contributed by atoms with Crippen LogP contribution in [0.15, 0.2) is 59.1 Å². The molecule has 0 spiro atoms. The number of carbonyl (C=O) groups is 1. The van der Waals surface area contributed by atoms with Crippen molar-refractivity contribution in [1.29, 1.82) is 0 Å². The average molecular weight is 413 g/mol. The molecule has 31 heavy (non-hydrogen) atoms. The predicted molar refractivity (Wildman–Crippen MR) is 119 cm³/mol. The van der Waals surface area contributed by atoms with Crippen LogP contribution < -0.4 is 10.2 Å². The summed E-state index contributed by atoms with van der Waals surface area (Å²) in [5.74, 6) is 2.02. The van der Waals surface area contributed by atoms with E-state index in [1.165, 1.54) is 12.8 Å². The molecule has 4 aromatic rings. The largest absolute Gasteiger partial charge is 0.357 e. The number of anilines is 1. The zero-order valence-corrected chi connectivity index (χ0v) is 17.3. The van der Waals surface area contributed by atoms with Crippen LogP contribution in [0.3, 0.4) is 0 Å². The molecule has 0 radical (unpaired) electrons. The third kappa shape index (κ3) is 3.99. The van der Waals surface area contributed by atoms with Gasteiger partial charge in [0.15, 0.2) is 5.76 Å². The predicted octanol–water partition coefficient (Wildman–Crippen LogP) is 4.12. The number of rotatable bonds is 5. The smallest absolute Gasteiger partial charge is 0.251 e. The van der Waals surface area contributed by atoms with Gasteiger partial charge < -0.3 is 14.7 Å². The summed E-state index contributed by atoms with van der Waals surface area (Å²) >= 11 is 0. The van der Waals surface area contributed by atoms with E-state index < -0.39 is 0 Å². The number of nitrogens with zero attached hydrogens (tertiary/aromatic N) is 4. The van der Waals surface area contributed by atoms with Crippen LogP contribution in [-0.2, 0) is 6.54 Å². The lowest BCUT2D eigenvalue weighted by Crippen LogP contribution is -2.25. The van der Waals surface area contributed by atoms with Gasteiger partial charge in [-0.2, -0.15) is 0 Å². The summed E-state index contributed by atoms with van der Waals surface area (Å²) in [6.07, 6.45) is 2.37. The Morgan fingerprint density at radius 1 is 1.06 bits per heavy atom. The molecule has 0 aliphatic carbocycles. The van der Waals surface area contributed by atoms with Gasteiger partial charge in [-0.3, -0.25) is 4.79 Å². The van der Waals surface area contributed by atoms with Gasteiger partial charge >= 0.3 is 0 Å². The first kappa shape index (κ1) is 19.2. The van der Waals surface area contributed by atoms with Gasteiger partial charge in [0.25, 0.3) is 5.91 Å². The maximum Gasteiger partial charge on any atom is 0.251 e. The topological polar surface area (TPSA) is 84.2 Å². The van der Waals surface area contributed by atoms with E-state index in [9.17, 15) is 4.79 Å². The van der Waals surface area contributed by atoms with Gasteiger partial charge in [0.2, 0.25) is 0 Å². The van der Waals surface area contributed by atoms with E-state index in [2.05, 4.69) is 25.3 Å². The SMILES string of the molecule is Cc1cc(N2CCCC2)nc(CNC(=O)c2ccc3noc(-c4ccccc4)c3c2)n1. The number of carbonyl (C=O) groups excluding carboxylic acids is 1. The van der Waals surface area contributed by atoms with Crippen molar-refractivity contribution in [3.05, 3.63) is 71.7 Å². The van der Waals surface area contributed by atoms with Crippen molar-refractivity contribution < 1.29 is 9.32 Å². The molecule has 1 N–H and O–H groups in total. The average Bonchev–Trinajstić information content (AvgIpc) is 3.47. The number of benzene rings is 2. The van der Waals surface area contributed by atoms with E-state index in [1.807, 2.05) is 49.4 Å². The zero-order valence-electron chi connectivity index (χ0n) is 17.3. The second-order valence-corrected chi connectivity index (χ2v) is 7.77. The molecule has 1 fully saturated rings. The highest BCUT2D eigenvalue weighted by Gasteiger charge is 2.17. The molecule has 5 rings (SSSR count). The highest BCUT2D eigenvalue weighted by atomic mass is 16.5. The molecule has 156 valence electrons. The van der Waals surface area contributed by atoms with Crippen LogP contribution in [0.5, 0.6) is 0 Å². The lowest BCUT2D eigenvalue weighted by molar-refractivity contribution is 0.0950. The first-order valence-corrected chi connectivity index (χ1v) is 10.5.